The minimum Gasteiger partial charge on any atom is -0.294 e. The molecular formula is C20H23N5O. The smallest absolute Gasteiger partial charge is 0.261 e. The van der Waals surface area contributed by atoms with Gasteiger partial charge in [-0.05, 0) is 31.9 Å². The summed E-state index contributed by atoms with van der Waals surface area (Å²) in [6, 6.07) is 8.53. The molecule has 5 rings (SSSR count). The van der Waals surface area contributed by atoms with Crippen molar-refractivity contribution >= 4 is 10.9 Å². The fraction of sp³-hybridized carbons (Fsp3) is 0.450. The third kappa shape index (κ3) is 2.32. The van der Waals surface area contributed by atoms with Gasteiger partial charge in [-0.3, -0.25) is 18.9 Å². The molecule has 2 aliphatic rings. The maximum absolute atomic E-state index is 13.0. The summed E-state index contributed by atoms with van der Waals surface area (Å²) >= 11 is 0. The van der Waals surface area contributed by atoms with Crippen molar-refractivity contribution < 1.29 is 0 Å². The zero-order valence-corrected chi connectivity index (χ0v) is 15.2. The van der Waals surface area contributed by atoms with Gasteiger partial charge in [-0.2, -0.15) is 5.10 Å². The molecule has 2 bridgehead atoms. The monoisotopic (exact) mass is 349 g/mol. The maximum Gasteiger partial charge on any atom is 0.261 e. The Labute approximate surface area is 152 Å². The first kappa shape index (κ1) is 15.8. The summed E-state index contributed by atoms with van der Waals surface area (Å²) in [5.74, 6) is 0.939. The van der Waals surface area contributed by atoms with Crippen LogP contribution in [-0.2, 0) is 26.6 Å². The van der Waals surface area contributed by atoms with Crippen molar-refractivity contribution in [1.82, 2.24) is 24.2 Å². The fourth-order valence-corrected chi connectivity index (χ4v) is 4.56. The van der Waals surface area contributed by atoms with Gasteiger partial charge in [-0.15, -0.1) is 0 Å². The van der Waals surface area contributed by atoms with Crippen molar-refractivity contribution in [3.05, 3.63) is 57.9 Å². The molecule has 0 radical (unpaired) electrons. The van der Waals surface area contributed by atoms with Gasteiger partial charge in [0.25, 0.3) is 5.56 Å². The van der Waals surface area contributed by atoms with Crippen LogP contribution in [0.1, 0.15) is 29.9 Å². The average molecular weight is 349 g/mol. The van der Waals surface area contributed by atoms with E-state index in [1.54, 1.807) is 0 Å². The summed E-state index contributed by atoms with van der Waals surface area (Å²) < 4.78 is 3.86. The van der Waals surface area contributed by atoms with E-state index in [0.29, 0.717) is 12.1 Å². The molecule has 134 valence electrons. The number of benzene rings is 1. The first-order chi connectivity index (χ1) is 12.6. The van der Waals surface area contributed by atoms with Gasteiger partial charge in [-0.1, -0.05) is 12.1 Å². The standard InChI is InChI=1S/C20H23N5O/c1-13-14(10-21-23(13)2)11-24-15-7-8-16(24)12-25-19(9-15)22-18-6-4-3-5-17(18)20(25)26/h3-6,10,15-16H,7-9,11-12H2,1-2H3/t15-,16-/m1/s1. The van der Waals surface area contributed by atoms with Crippen molar-refractivity contribution in [1.29, 1.82) is 0 Å². The molecule has 3 aromatic rings. The quantitative estimate of drug-likeness (QED) is 0.710. The van der Waals surface area contributed by atoms with E-state index in [2.05, 4.69) is 16.9 Å². The van der Waals surface area contributed by atoms with Gasteiger partial charge >= 0.3 is 0 Å². The molecule has 26 heavy (non-hydrogen) atoms. The first-order valence-corrected chi connectivity index (χ1v) is 9.33. The largest absolute Gasteiger partial charge is 0.294 e. The van der Waals surface area contributed by atoms with Gasteiger partial charge < -0.3 is 0 Å². The molecule has 6 nitrogen and oxygen atoms in total. The second-order valence-corrected chi connectivity index (χ2v) is 7.60. The minimum atomic E-state index is 0.107. The van der Waals surface area contributed by atoms with E-state index in [9.17, 15) is 4.79 Å². The maximum atomic E-state index is 13.0. The molecule has 6 heteroatoms. The Bertz CT molecular complexity index is 1050. The van der Waals surface area contributed by atoms with E-state index in [-0.39, 0.29) is 5.56 Å². The molecule has 0 unspecified atom stereocenters. The SMILES string of the molecule is Cc1c(CN2[C@@H]3CC[C@@H]2Cn2c(nc4ccccc4c2=O)C3)cnn1C. The lowest BCUT2D eigenvalue weighted by Crippen LogP contribution is -2.37. The summed E-state index contributed by atoms with van der Waals surface area (Å²) in [5, 5.41) is 5.11. The van der Waals surface area contributed by atoms with Crippen LogP contribution in [-0.4, -0.2) is 36.3 Å². The van der Waals surface area contributed by atoms with E-state index < -0.39 is 0 Å². The number of aromatic nitrogens is 4. The predicted octanol–water partition coefficient (Wildman–Crippen LogP) is 2.03. The second kappa shape index (κ2) is 5.77. The Hall–Kier alpha value is -2.47. The van der Waals surface area contributed by atoms with Crippen LogP contribution in [0.4, 0.5) is 0 Å². The molecule has 1 fully saturated rings. The summed E-state index contributed by atoms with van der Waals surface area (Å²) in [5.41, 5.74) is 3.42. The van der Waals surface area contributed by atoms with E-state index in [1.807, 2.05) is 46.8 Å². The number of para-hydroxylation sites is 1. The average Bonchev–Trinajstić information content (AvgIpc) is 3.10. The number of fused-ring (bicyclic) bond motifs is 4. The van der Waals surface area contributed by atoms with Crippen LogP contribution >= 0.6 is 0 Å². The third-order valence-corrected chi connectivity index (χ3v) is 6.21. The van der Waals surface area contributed by atoms with Crippen LogP contribution in [0.2, 0.25) is 0 Å². The van der Waals surface area contributed by atoms with Gasteiger partial charge in [0.15, 0.2) is 0 Å². The fourth-order valence-electron chi connectivity index (χ4n) is 4.56. The van der Waals surface area contributed by atoms with Gasteiger partial charge in [0.05, 0.1) is 17.1 Å². The number of hydrogen-bond acceptors (Lipinski definition) is 4. The van der Waals surface area contributed by atoms with Crippen molar-refractivity contribution in [2.24, 2.45) is 7.05 Å². The first-order valence-electron chi connectivity index (χ1n) is 9.33. The summed E-state index contributed by atoms with van der Waals surface area (Å²) in [6.07, 6.45) is 5.14. The van der Waals surface area contributed by atoms with Gasteiger partial charge in [0, 0.05) is 49.9 Å². The summed E-state index contributed by atoms with van der Waals surface area (Å²) in [4.78, 5) is 20.4. The molecule has 1 aromatic carbocycles. The molecular weight excluding hydrogens is 326 g/mol. The molecule has 0 spiro atoms. The highest BCUT2D eigenvalue weighted by Crippen LogP contribution is 2.32. The predicted molar refractivity (Wildman–Crippen MR) is 100 cm³/mol. The Morgan fingerprint density at radius 3 is 2.81 bits per heavy atom. The molecule has 0 amide bonds. The molecule has 1 saturated heterocycles. The Morgan fingerprint density at radius 2 is 2.00 bits per heavy atom. The normalized spacial score (nSPS) is 22.5. The third-order valence-electron chi connectivity index (χ3n) is 6.21. The van der Waals surface area contributed by atoms with Crippen LogP contribution in [0.15, 0.2) is 35.3 Å². The number of aryl methyl sites for hydroxylation is 1. The second-order valence-electron chi connectivity index (χ2n) is 7.60. The molecule has 4 heterocycles. The van der Waals surface area contributed by atoms with E-state index >= 15 is 0 Å². The number of hydrogen-bond donors (Lipinski definition) is 0. The lowest BCUT2D eigenvalue weighted by Gasteiger charge is -2.27. The number of nitrogens with zero attached hydrogens (tertiary/aromatic N) is 5. The Kier molecular flexibility index (Phi) is 3.50. The highest BCUT2D eigenvalue weighted by molar-refractivity contribution is 5.77. The van der Waals surface area contributed by atoms with Crippen LogP contribution in [0, 0.1) is 6.92 Å². The minimum absolute atomic E-state index is 0.107. The highest BCUT2D eigenvalue weighted by atomic mass is 16.1. The molecule has 2 aromatic heterocycles. The van der Waals surface area contributed by atoms with E-state index in [1.165, 1.54) is 17.7 Å². The van der Waals surface area contributed by atoms with Crippen LogP contribution < -0.4 is 5.56 Å². The van der Waals surface area contributed by atoms with Crippen LogP contribution in [0.5, 0.6) is 0 Å². The van der Waals surface area contributed by atoms with Gasteiger partial charge in [-0.25, -0.2) is 4.98 Å². The van der Waals surface area contributed by atoms with Crippen LogP contribution in [0.3, 0.4) is 0 Å². The molecule has 0 N–H and O–H groups in total. The Balaban J connectivity index is 1.54. The molecule has 2 atom stereocenters. The highest BCUT2D eigenvalue weighted by Gasteiger charge is 2.38. The number of rotatable bonds is 2. The molecule has 0 aliphatic carbocycles. The summed E-state index contributed by atoms with van der Waals surface area (Å²) in [7, 11) is 1.99. The van der Waals surface area contributed by atoms with Gasteiger partial charge in [0.1, 0.15) is 5.82 Å². The Morgan fingerprint density at radius 1 is 1.19 bits per heavy atom. The zero-order chi connectivity index (χ0) is 17.8. The topological polar surface area (TPSA) is 56.0 Å². The van der Waals surface area contributed by atoms with Crippen molar-refractivity contribution in [2.45, 2.75) is 51.4 Å². The van der Waals surface area contributed by atoms with Crippen LogP contribution in [0.25, 0.3) is 10.9 Å². The van der Waals surface area contributed by atoms with E-state index in [0.717, 1.165) is 42.7 Å². The summed E-state index contributed by atoms with van der Waals surface area (Å²) in [6.45, 7) is 3.76. The van der Waals surface area contributed by atoms with Gasteiger partial charge in [0.2, 0.25) is 0 Å². The van der Waals surface area contributed by atoms with E-state index in [4.69, 9.17) is 4.98 Å². The van der Waals surface area contributed by atoms with Crippen molar-refractivity contribution in [2.75, 3.05) is 0 Å². The molecule has 0 saturated carbocycles. The lowest BCUT2D eigenvalue weighted by molar-refractivity contribution is 0.180. The lowest BCUT2D eigenvalue weighted by atomic mass is 10.1. The van der Waals surface area contributed by atoms with Crippen molar-refractivity contribution in [3.8, 4) is 0 Å². The molecule has 2 aliphatic heterocycles. The van der Waals surface area contributed by atoms with Crippen molar-refractivity contribution in [3.63, 3.8) is 0 Å². The zero-order valence-electron chi connectivity index (χ0n) is 15.2.